The van der Waals surface area contributed by atoms with E-state index in [0.29, 0.717) is 79.8 Å². The molecule has 0 saturated carbocycles. The molecule has 0 atom stereocenters. The molecule has 5 aromatic carbocycles. The molecule has 5 aromatic rings. The van der Waals surface area contributed by atoms with Crippen molar-refractivity contribution in [1.29, 1.82) is 0 Å². The zero-order valence-corrected chi connectivity index (χ0v) is 37.3. The van der Waals surface area contributed by atoms with Gasteiger partial charge in [-0.15, -0.1) is 0 Å². The Labute approximate surface area is 367 Å². The lowest BCUT2D eigenvalue weighted by Crippen LogP contribution is -2.27. The second-order valence-electron chi connectivity index (χ2n) is 15.1. The Morgan fingerprint density at radius 3 is 1.92 bits per heavy atom. The van der Waals surface area contributed by atoms with Gasteiger partial charge in [0.2, 0.25) is 0 Å². The second kappa shape index (κ2) is 23.4. The molecule has 61 heavy (non-hydrogen) atoms. The molecule has 11 nitrogen and oxygen atoms in total. The highest BCUT2D eigenvalue weighted by atomic mass is 79.9. The third-order valence-corrected chi connectivity index (χ3v) is 9.91. The maximum atomic E-state index is 13.0. The average Bonchev–Trinajstić information content (AvgIpc) is 3.26. The van der Waals surface area contributed by atoms with E-state index in [0.717, 1.165) is 38.9 Å². The summed E-state index contributed by atoms with van der Waals surface area (Å²) in [5.41, 5.74) is 5.87. The van der Waals surface area contributed by atoms with Crippen molar-refractivity contribution in [2.75, 3.05) is 47.9 Å². The van der Waals surface area contributed by atoms with Crippen LogP contribution in [0.1, 0.15) is 70.1 Å². The number of hydrogen-bond acceptors (Lipinski definition) is 11. The molecule has 0 N–H and O–H groups in total. The van der Waals surface area contributed by atoms with E-state index in [1.807, 2.05) is 112 Å². The molecule has 0 bridgehead atoms. The molecular weight excluding hydrogens is 844 g/mol. The van der Waals surface area contributed by atoms with Crippen LogP contribution in [0.4, 0.5) is 0 Å². The molecule has 0 saturated heterocycles. The Morgan fingerprint density at radius 2 is 1.28 bits per heavy atom. The lowest BCUT2D eigenvalue weighted by molar-refractivity contribution is -0.157. The van der Waals surface area contributed by atoms with Crippen molar-refractivity contribution < 1.29 is 52.2 Å². The highest BCUT2D eigenvalue weighted by molar-refractivity contribution is 9.08. The van der Waals surface area contributed by atoms with E-state index in [4.69, 9.17) is 42.6 Å². The molecule has 0 aromatic heterocycles. The Bertz CT molecular complexity index is 2170. The van der Waals surface area contributed by atoms with Crippen LogP contribution in [-0.2, 0) is 61.5 Å². The number of carbonyl (C=O) groups excluding carboxylic acids is 2. The number of aryl methyl sites for hydroxylation is 2. The van der Waals surface area contributed by atoms with Crippen LogP contribution in [0.2, 0.25) is 0 Å². The fourth-order valence-corrected chi connectivity index (χ4v) is 6.86. The van der Waals surface area contributed by atoms with Crippen LogP contribution in [0.3, 0.4) is 0 Å². The van der Waals surface area contributed by atoms with Crippen molar-refractivity contribution in [3.63, 3.8) is 0 Å². The lowest BCUT2D eigenvalue weighted by atomic mass is 9.96. The quantitative estimate of drug-likeness (QED) is 0.0270. The highest BCUT2D eigenvalue weighted by Crippen LogP contribution is 2.38. The number of methoxy groups -OCH3 is 3. The van der Waals surface area contributed by atoms with Crippen molar-refractivity contribution in [1.82, 2.24) is 0 Å². The molecule has 5 rings (SSSR count). The summed E-state index contributed by atoms with van der Waals surface area (Å²) in [6, 6.07) is 33.1. The fraction of sp³-hybridized carbons (Fsp3) is 0.347. The SMILES string of the molecule is COCCOCOc1ccc(CCc2cc(OCc3ccccc3)c(Cc3cc(OCc4ccccc4)cc(CBr)c3OC)cc2OCC(=O)OC(C)(C)C)cc1C(=O)OC. The van der Waals surface area contributed by atoms with E-state index in [2.05, 4.69) is 15.9 Å². The van der Waals surface area contributed by atoms with Gasteiger partial charge in [0.25, 0.3) is 0 Å². The van der Waals surface area contributed by atoms with Gasteiger partial charge in [0.15, 0.2) is 13.4 Å². The summed E-state index contributed by atoms with van der Waals surface area (Å²) in [4.78, 5) is 25.9. The van der Waals surface area contributed by atoms with Gasteiger partial charge in [-0.2, -0.15) is 0 Å². The van der Waals surface area contributed by atoms with Crippen LogP contribution in [0.15, 0.2) is 103 Å². The minimum Gasteiger partial charge on any atom is -0.496 e. The number of halogens is 1. The molecule has 0 radical (unpaired) electrons. The van der Waals surface area contributed by atoms with Gasteiger partial charge in [0.05, 0.1) is 27.4 Å². The summed E-state index contributed by atoms with van der Waals surface area (Å²) >= 11 is 3.65. The number of rotatable bonds is 23. The summed E-state index contributed by atoms with van der Waals surface area (Å²) in [7, 11) is 4.57. The molecule has 0 fully saturated rings. The minimum atomic E-state index is -0.690. The minimum absolute atomic E-state index is 0.0581. The average molecular weight is 900 g/mol. The standard InChI is InChI=1S/C49H55BrO11/c1-49(2,3)61-46(51)32-59-44-28-38(24-39-25-41(26-40(29-50)47(39)54-5)57-30-35-13-9-7-10-14-35)45(58-31-36-15-11-8-12-16-36)27-37(44)19-17-34-18-20-43(42(23-34)48(52)55-6)60-33-56-22-21-53-4/h7-16,18,20,23,25-28H,17,19,21-22,24,29-33H2,1-6H3. The lowest BCUT2D eigenvalue weighted by Gasteiger charge is -2.22. The van der Waals surface area contributed by atoms with Crippen LogP contribution < -0.4 is 23.7 Å². The van der Waals surface area contributed by atoms with Crippen LogP contribution in [0, 0.1) is 0 Å². The van der Waals surface area contributed by atoms with E-state index < -0.39 is 17.5 Å². The summed E-state index contributed by atoms with van der Waals surface area (Å²) in [5, 5.41) is 0.541. The Kier molecular flexibility index (Phi) is 17.9. The second-order valence-corrected chi connectivity index (χ2v) is 15.6. The van der Waals surface area contributed by atoms with Gasteiger partial charge in [-0.3, -0.25) is 0 Å². The van der Waals surface area contributed by atoms with E-state index in [9.17, 15) is 9.59 Å². The van der Waals surface area contributed by atoms with E-state index in [1.54, 1.807) is 26.4 Å². The third kappa shape index (κ3) is 14.5. The predicted octanol–water partition coefficient (Wildman–Crippen LogP) is 9.63. The van der Waals surface area contributed by atoms with E-state index in [1.165, 1.54) is 7.11 Å². The first kappa shape index (κ1) is 46.5. The zero-order valence-electron chi connectivity index (χ0n) is 35.8. The molecule has 0 aliphatic rings. The summed E-state index contributed by atoms with van der Waals surface area (Å²) in [6.07, 6.45) is 1.35. The van der Waals surface area contributed by atoms with Gasteiger partial charge in [-0.25, -0.2) is 9.59 Å². The molecule has 0 spiro atoms. The first-order valence-electron chi connectivity index (χ1n) is 20.0. The smallest absolute Gasteiger partial charge is 0.344 e. The molecule has 0 aliphatic heterocycles. The maximum absolute atomic E-state index is 13.0. The largest absolute Gasteiger partial charge is 0.496 e. The Morgan fingerprint density at radius 1 is 0.623 bits per heavy atom. The first-order chi connectivity index (χ1) is 29.5. The van der Waals surface area contributed by atoms with Crippen LogP contribution in [-0.4, -0.2) is 65.5 Å². The highest BCUT2D eigenvalue weighted by Gasteiger charge is 2.22. The molecule has 0 unspecified atom stereocenters. The molecule has 12 heteroatoms. The summed E-state index contributed by atoms with van der Waals surface area (Å²) in [5.74, 6) is 1.83. The number of ether oxygens (including phenoxy) is 9. The monoisotopic (exact) mass is 898 g/mol. The van der Waals surface area contributed by atoms with Gasteiger partial charge >= 0.3 is 11.9 Å². The van der Waals surface area contributed by atoms with Crippen LogP contribution in [0.25, 0.3) is 0 Å². The maximum Gasteiger partial charge on any atom is 0.344 e. The van der Waals surface area contributed by atoms with Crippen LogP contribution in [0.5, 0.6) is 28.7 Å². The zero-order chi connectivity index (χ0) is 43.6. The summed E-state index contributed by atoms with van der Waals surface area (Å²) in [6.45, 7) is 6.55. The normalized spacial score (nSPS) is 11.1. The third-order valence-electron chi connectivity index (χ3n) is 9.30. The van der Waals surface area contributed by atoms with E-state index >= 15 is 0 Å². The van der Waals surface area contributed by atoms with Gasteiger partial charge in [-0.05, 0) is 92.3 Å². The van der Waals surface area contributed by atoms with Crippen molar-refractivity contribution in [2.45, 2.75) is 64.2 Å². The van der Waals surface area contributed by atoms with Gasteiger partial charge in [0, 0.05) is 35.6 Å². The van der Waals surface area contributed by atoms with Crippen molar-refractivity contribution in [2.24, 2.45) is 0 Å². The fourth-order valence-electron chi connectivity index (χ4n) is 6.45. The van der Waals surface area contributed by atoms with Crippen molar-refractivity contribution in [3.05, 3.63) is 148 Å². The molecule has 0 amide bonds. The number of hydrogen-bond donors (Lipinski definition) is 0. The van der Waals surface area contributed by atoms with Crippen molar-refractivity contribution in [3.8, 4) is 28.7 Å². The van der Waals surface area contributed by atoms with Gasteiger partial charge in [-0.1, -0.05) is 82.7 Å². The Hall–Kier alpha value is -5.56. The van der Waals surface area contributed by atoms with Crippen LogP contribution >= 0.6 is 15.9 Å². The van der Waals surface area contributed by atoms with Crippen molar-refractivity contribution >= 4 is 27.9 Å². The number of alkyl halides is 1. The van der Waals surface area contributed by atoms with Gasteiger partial charge in [0.1, 0.15) is 53.1 Å². The topological polar surface area (TPSA) is 117 Å². The van der Waals surface area contributed by atoms with Gasteiger partial charge < -0.3 is 42.6 Å². The molecule has 324 valence electrons. The first-order valence-corrected chi connectivity index (χ1v) is 21.1. The Balaban J connectivity index is 1.52. The number of esters is 2. The molecular formula is C49H55BrO11. The molecule has 0 heterocycles. The summed E-state index contributed by atoms with van der Waals surface area (Å²) < 4.78 is 52.1. The molecule has 0 aliphatic carbocycles. The van der Waals surface area contributed by atoms with E-state index in [-0.39, 0.29) is 19.0 Å². The predicted molar refractivity (Wildman–Crippen MR) is 236 cm³/mol. The number of carbonyl (C=O) groups is 2. The number of benzene rings is 5.